The third kappa shape index (κ3) is 3.83. The zero-order valence-electron chi connectivity index (χ0n) is 14.7. The Labute approximate surface area is 162 Å². The van der Waals surface area contributed by atoms with E-state index in [2.05, 4.69) is 20.6 Å². The maximum absolute atomic E-state index is 13.4. The highest BCUT2D eigenvalue weighted by Crippen LogP contribution is 2.34. The Balaban J connectivity index is 1.57. The molecule has 0 fully saturated rings. The molecular weight excluding hydrogens is 388 g/mol. The summed E-state index contributed by atoms with van der Waals surface area (Å²) in [4.78, 5) is 18.7. The highest BCUT2D eigenvalue weighted by Gasteiger charge is 2.23. The minimum Gasteiger partial charge on any atom is -0.454 e. The molecule has 0 saturated heterocycles. The molecule has 0 bridgehead atoms. The summed E-state index contributed by atoms with van der Waals surface area (Å²) < 4.78 is 37.0. The summed E-state index contributed by atoms with van der Waals surface area (Å²) in [6.45, 7) is 0.363. The van der Waals surface area contributed by atoms with E-state index in [4.69, 9.17) is 9.47 Å². The van der Waals surface area contributed by atoms with Gasteiger partial charge >= 0.3 is 5.69 Å². The predicted octanol–water partition coefficient (Wildman–Crippen LogP) is 3.75. The van der Waals surface area contributed by atoms with Gasteiger partial charge in [-0.25, -0.2) is 18.7 Å². The van der Waals surface area contributed by atoms with Crippen molar-refractivity contribution >= 4 is 23.0 Å². The number of ether oxygens (including phenoxy) is 2. The Hall–Kier alpha value is -4.02. The first kappa shape index (κ1) is 18.3. The van der Waals surface area contributed by atoms with E-state index in [1.807, 2.05) is 0 Å². The molecule has 3 aromatic rings. The lowest BCUT2D eigenvalue weighted by Crippen LogP contribution is -2.08. The van der Waals surface area contributed by atoms with Crippen LogP contribution in [0.2, 0.25) is 0 Å². The molecule has 1 aliphatic rings. The second-order valence-corrected chi connectivity index (χ2v) is 5.97. The van der Waals surface area contributed by atoms with Gasteiger partial charge in [-0.05, 0) is 29.8 Å². The van der Waals surface area contributed by atoms with Crippen LogP contribution < -0.4 is 20.1 Å². The normalized spacial score (nSPS) is 11.9. The number of nitrogens with one attached hydrogen (secondary N) is 2. The summed E-state index contributed by atoms with van der Waals surface area (Å²) >= 11 is 0. The third-order valence-electron chi connectivity index (χ3n) is 4.08. The van der Waals surface area contributed by atoms with E-state index in [1.54, 1.807) is 18.2 Å². The third-order valence-corrected chi connectivity index (χ3v) is 4.08. The van der Waals surface area contributed by atoms with Gasteiger partial charge in [-0.2, -0.15) is 0 Å². The molecule has 2 aromatic carbocycles. The average Bonchev–Trinajstić information content (AvgIpc) is 3.17. The second kappa shape index (κ2) is 7.54. The molecule has 0 radical (unpaired) electrons. The van der Waals surface area contributed by atoms with E-state index < -0.39 is 22.2 Å². The first-order valence-corrected chi connectivity index (χ1v) is 8.35. The largest absolute Gasteiger partial charge is 0.454 e. The van der Waals surface area contributed by atoms with Crippen molar-refractivity contribution in [2.24, 2.45) is 0 Å². The maximum atomic E-state index is 13.4. The summed E-state index contributed by atoms with van der Waals surface area (Å²) in [7, 11) is 0. The van der Waals surface area contributed by atoms with Crippen LogP contribution in [0.1, 0.15) is 5.56 Å². The molecule has 11 heteroatoms. The van der Waals surface area contributed by atoms with Crippen LogP contribution in [0, 0.1) is 21.7 Å². The molecule has 0 amide bonds. The van der Waals surface area contributed by atoms with Crippen molar-refractivity contribution in [1.82, 2.24) is 9.97 Å². The van der Waals surface area contributed by atoms with Gasteiger partial charge in [0.25, 0.3) is 0 Å². The number of fused-ring (bicyclic) bond motifs is 1. The molecule has 0 atom stereocenters. The monoisotopic (exact) mass is 401 g/mol. The van der Waals surface area contributed by atoms with Crippen LogP contribution >= 0.6 is 0 Å². The number of hydrogen-bond donors (Lipinski definition) is 2. The van der Waals surface area contributed by atoms with Crippen molar-refractivity contribution in [3.8, 4) is 11.5 Å². The number of rotatable bonds is 6. The van der Waals surface area contributed by atoms with E-state index >= 15 is 0 Å². The van der Waals surface area contributed by atoms with Crippen LogP contribution in [0.15, 0.2) is 42.7 Å². The lowest BCUT2D eigenvalue weighted by molar-refractivity contribution is -0.383. The quantitative estimate of drug-likeness (QED) is 0.475. The van der Waals surface area contributed by atoms with Gasteiger partial charge in [-0.15, -0.1) is 0 Å². The van der Waals surface area contributed by atoms with Crippen LogP contribution in [0.5, 0.6) is 11.5 Å². The molecule has 29 heavy (non-hydrogen) atoms. The molecule has 148 valence electrons. The standard InChI is InChI=1S/C18H13F2N5O4/c19-12-3-2-11(6-13(12)20)24-18-16(25(26)27)17(22-8-23-18)21-7-10-1-4-14-15(5-10)29-9-28-14/h1-6,8H,7,9H2,(H2,21,22,23,24). The Morgan fingerprint density at radius 1 is 1.03 bits per heavy atom. The number of halogens is 2. The van der Waals surface area contributed by atoms with Crippen molar-refractivity contribution in [1.29, 1.82) is 0 Å². The second-order valence-electron chi connectivity index (χ2n) is 5.97. The molecule has 9 nitrogen and oxygen atoms in total. The number of aromatic nitrogens is 2. The molecule has 1 aliphatic heterocycles. The zero-order valence-corrected chi connectivity index (χ0v) is 14.7. The van der Waals surface area contributed by atoms with Crippen molar-refractivity contribution in [3.63, 3.8) is 0 Å². The number of anilines is 3. The first-order valence-electron chi connectivity index (χ1n) is 8.35. The van der Waals surface area contributed by atoms with Crippen LogP contribution in [0.4, 0.5) is 31.8 Å². The van der Waals surface area contributed by atoms with Gasteiger partial charge in [0, 0.05) is 18.3 Å². The van der Waals surface area contributed by atoms with Crippen molar-refractivity contribution in [2.75, 3.05) is 17.4 Å². The van der Waals surface area contributed by atoms with Crippen molar-refractivity contribution in [2.45, 2.75) is 6.54 Å². The summed E-state index contributed by atoms with van der Waals surface area (Å²) in [5, 5.41) is 17.1. The minimum absolute atomic E-state index is 0.0345. The summed E-state index contributed by atoms with van der Waals surface area (Å²) in [5.74, 6) is -1.11. The van der Waals surface area contributed by atoms with Crippen LogP contribution in [-0.2, 0) is 6.54 Å². The fraction of sp³-hybridized carbons (Fsp3) is 0.111. The van der Waals surface area contributed by atoms with Gasteiger partial charge in [-0.1, -0.05) is 6.07 Å². The van der Waals surface area contributed by atoms with Gasteiger partial charge < -0.3 is 20.1 Å². The Bertz CT molecular complexity index is 1100. The molecule has 0 saturated carbocycles. The van der Waals surface area contributed by atoms with Crippen LogP contribution in [-0.4, -0.2) is 21.7 Å². The van der Waals surface area contributed by atoms with E-state index in [-0.39, 0.29) is 30.7 Å². The van der Waals surface area contributed by atoms with Gasteiger partial charge in [0.2, 0.25) is 18.4 Å². The maximum Gasteiger partial charge on any atom is 0.353 e. The van der Waals surface area contributed by atoms with Crippen LogP contribution in [0.25, 0.3) is 0 Å². The Morgan fingerprint density at radius 2 is 1.83 bits per heavy atom. The zero-order chi connectivity index (χ0) is 20.4. The molecule has 0 unspecified atom stereocenters. The molecule has 0 aliphatic carbocycles. The Kier molecular flexibility index (Phi) is 4.77. The van der Waals surface area contributed by atoms with Gasteiger partial charge in [0.1, 0.15) is 6.33 Å². The highest BCUT2D eigenvalue weighted by atomic mass is 19.2. The number of nitro groups is 1. The first-order chi connectivity index (χ1) is 14.0. The molecule has 2 heterocycles. The molecular formula is C18H13F2N5O4. The minimum atomic E-state index is -1.09. The molecule has 1 aromatic heterocycles. The topological polar surface area (TPSA) is 111 Å². The van der Waals surface area contributed by atoms with Crippen molar-refractivity contribution in [3.05, 3.63) is 70.0 Å². The smallest absolute Gasteiger partial charge is 0.353 e. The van der Waals surface area contributed by atoms with E-state index in [0.29, 0.717) is 11.5 Å². The number of hydrogen-bond acceptors (Lipinski definition) is 8. The fourth-order valence-corrected chi connectivity index (χ4v) is 2.72. The summed E-state index contributed by atoms with van der Waals surface area (Å²) in [6.07, 6.45) is 1.12. The van der Waals surface area contributed by atoms with Gasteiger partial charge in [0.15, 0.2) is 23.1 Å². The molecule has 2 N–H and O–H groups in total. The SMILES string of the molecule is O=[N+]([O-])c1c(NCc2ccc3c(c2)OCO3)ncnc1Nc1ccc(F)c(F)c1. The fourth-order valence-electron chi connectivity index (χ4n) is 2.72. The Morgan fingerprint density at radius 3 is 2.62 bits per heavy atom. The number of nitrogens with zero attached hydrogens (tertiary/aromatic N) is 3. The van der Waals surface area contributed by atoms with Crippen molar-refractivity contribution < 1.29 is 23.2 Å². The van der Waals surface area contributed by atoms with E-state index in [0.717, 1.165) is 24.0 Å². The lowest BCUT2D eigenvalue weighted by Gasteiger charge is -2.10. The van der Waals surface area contributed by atoms with E-state index in [9.17, 15) is 18.9 Å². The summed E-state index contributed by atoms with van der Waals surface area (Å²) in [6, 6.07) is 8.30. The highest BCUT2D eigenvalue weighted by molar-refractivity contribution is 5.73. The van der Waals surface area contributed by atoms with E-state index in [1.165, 1.54) is 6.07 Å². The summed E-state index contributed by atoms with van der Waals surface area (Å²) in [5.41, 5.74) is 0.461. The van der Waals surface area contributed by atoms with Gasteiger partial charge in [-0.3, -0.25) is 10.1 Å². The predicted molar refractivity (Wildman–Crippen MR) is 98.2 cm³/mol. The number of benzene rings is 2. The van der Waals surface area contributed by atoms with Gasteiger partial charge in [0.05, 0.1) is 4.92 Å². The average molecular weight is 401 g/mol. The molecule has 4 rings (SSSR count). The molecule has 0 spiro atoms. The van der Waals surface area contributed by atoms with Crippen LogP contribution in [0.3, 0.4) is 0 Å². The lowest BCUT2D eigenvalue weighted by atomic mass is 10.2.